The monoisotopic (exact) mass is 361 g/mol. The molecule has 1 saturated heterocycles. The Balaban J connectivity index is 1.87. The van der Waals surface area contributed by atoms with Crippen LogP contribution in [-0.4, -0.2) is 44.3 Å². The average Bonchev–Trinajstić information content (AvgIpc) is 3.19. The highest BCUT2D eigenvalue weighted by molar-refractivity contribution is 7.09. The lowest BCUT2D eigenvalue weighted by Crippen LogP contribution is -2.42. The van der Waals surface area contributed by atoms with E-state index in [-0.39, 0.29) is 11.9 Å². The van der Waals surface area contributed by atoms with Crippen LogP contribution in [0.15, 0.2) is 35.7 Å². The molecule has 0 saturated carbocycles. The van der Waals surface area contributed by atoms with E-state index in [1.165, 1.54) is 4.88 Å². The molecule has 25 heavy (non-hydrogen) atoms. The van der Waals surface area contributed by atoms with E-state index in [2.05, 4.69) is 6.07 Å². The van der Waals surface area contributed by atoms with E-state index >= 15 is 0 Å². The number of methoxy groups -OCH3 is 2. The number of carbonyl (C=O) groups excluding carboxylic acids is 1. The summed E-state index contributed by atoms with van der Waals surface area (Å²) in [4.78, 5) is 16.4. The minimum Gasteiger partial charge on any atom is -0.493 e. The normalized spacial score (nSPS) is 15.0. The number of ether oxygens (including phenoxy) is 3. The predicted molar refractivity (Wildman–Crippen MR) is 97.6 cm³/mol. The van der Waals surface area contributed by atoms with Crippen molar-refractivity contribution in [2.24, 2.45) is 0 Å². The second kappa shape index (κ2) is 8.36. The van der Waals surface area contributed by atoms with Gasteiger partial charge in [0, 0.05) is 29.7 Å². The van der Waals surface area contributed by atoms with Crippen molar-refractivity contribution in [3.05, 3.63) is 46.2 Å². The quantitative estimate of drug-likeness (QED) is 0.789. The summed E-state index contributed by atoms with van der Waals surface area (Å²) < 4.78 is 16.1. The topological polar surface area (TPSA) is 48.0 Å². The van der Waals surface area contributed by atoms with Crippen LogP contribution in [-0.2, 0) is 11.3 Å². The molecule has 134 valence electrons. The van der Waals surface area contributed by atoms with Gasteiger partial charge in [-0.25, -0.2) is 0 Å². The molecule has 5 nitrogen and oxygen atoms in total. The van der Waals surface area contributed by atoms with Crippen LogP contribution in [0.2, 0.25) is 0 Å². The van der Waals surface area contributed by atoms with Gasteiger partial charge >= 0.3 is 0 Å². The van der Waals surface area contributed by atoms with Crippen molar-refractivity contribution in [1.29, 1.82) is 0 Å². The Hall–Kier alpha value is -2.05. The van der Waals surface area contributed by atoms with Gasteiger partial charge in [0.15, 0.2) is 11.5 Å². The molecule has 0 N–H and O–H groups in total. The minimum absolute atomic E-state index is 0.0150. The number of hydrogen-bond acceptors (Lipinski definition) is 5. The van der Waals surface area contributed by atoms with Crippen LogP contribution >= 0.6 is 11.3 Å². The summed E-state index contributed by atoms with van der Waals surface area (Å²) in [5.74, 6) is 1.20. The molecule has 1 aromatic heterocycles. The summed E-state index contributed by atoms with van der Waals surface area (Å²) >= 11 is 1.67. The third kappa shape index (κ3) is 4.14. The Kier molecular flexibility index (Phi) is 5.94. The van der Waals surface area contributed by atoms with E-state index in [0.717, 1.165) is 12.8 Å². The van der Waals surface area contributed by atoms with Gasteiger partial charge in [0.05, 0.1) is 20.8 Å². The van der Waals surface area contributed by atoms with Crippen molar-refractivity contribution in [3.8, 4) is 11.5 Å². The predicted octanol–water partition coefficient (Wildman–Crippen LogP) is 3.59. The van der Waals surface area contributed by atoms with Crippen LogP contribution in [0.3, 0.4) is 0 Å². The molecule has 0 atom stereocenters. The molecule has 0 aliphatic carbocycles. The Morgan fingerprint density at radius 3 is 2.60 bits per heavy atom. The van der Waals surface area contributed by atoms with Gasteiger partial charge in [-0.1, -0.05) is 6.07 Å². The first-order valence-corrected chi connectivity index (χ1v) is 9.24. The zero-order valence-electron chi connectivity index (χ0n) is 14.6. The molecule has 3 rings (SSSR count). The second-order valence-electron chi connectivity index (χ2n) is 5.93. The third-order valence-corrected chi connectivity index (χ3v) is 5.29. The van der Waals surface area contributed by atoms with Gasteiger partial charge in [0.1, 0.15) is 0 Å². The Morgan fingerprint density at radius 2 is 1.96 bits per heavy atom. The van der Waals surface area contributed by atoms with Gasteiger partial charge in [-0.05, 0) is 42.5 Å². The van der Waals surface area contributed by atoms with E-state index in [4.69, 9.17) is 14.2 Å². The minimum atomic E-state index is 0.0150. The number of nitrogens with zero attached hydrogens (tertiary/aromatic N) is 1. The molecule has 0 radical (unpaired) electrons. The fourth-order valence-electron chi connectivity index (χ4n) is 3.07. The maximum absolute atomic E-state index is 13.2. The van der Waals surface area contributed by atoms with E-state index in [9.17, 15) is 4.79 Å². The highest BCUT2D eigenvalue weighted by atomic mass is 32.1. The van der Waals surface area contributed by atoms with Crippen molar-refractivity contribution in [2.75, 3.05) is 27.4 Å². The summed E-state index contributed by atoms with van der Waals surface area (Å²) in [5, 5.41) is 2.04. The maximum atomic E-state index is 13.2. The molecule has 2 aromatic rings. The Labute approximate surface area is 152 Å². The first kappa shape index (κ1) is 17.8. The molecule has 1 aliphatic rings. The van der Waals surface area contributed by atoms with E-state index in [1.807, 2.05) is 16.3 Å². The number of thiophene rings is 1. The average molecular weight is 361 g/mol. The lowest BCUT2D eigenvalue weighted by Gasteiger charge is -2.34. The van der Waals surface area contributed by atoms with Gasteiger partial charge in [-0.3, -0.25) is 4.79 Å². The third-order valence-electron chi connectivity index (χ3n) is 4.43. The van der Waals surface area contributed by atoms with Crippen LogP contribution in [0.1, 0.15) is 28.1 Å². The van der Waals surface area contributed by atoms with Crippen molar-refractivity contribution < 1.29 is 19.0 Å². The summed E-state index contributed by atoms with van der Waals surface area (Å²) in [5.41, 5.74) is 0.612. The van der Waals surface area contributed by atoms with E-state index < -0.39 is 0 Å². The van der Waals surface area contributed by atoms with Crippen LogP contribution in [0.4, 0.5) is 0 Å². The van der Waals surface area contributed by atoms with E-state index in [1.54, 1.807) is 43.8 Å². The van der Waals surface area contributed by atoms with E-state index in [0.29, 0.717) is 36.8 Å². The van der Waals surface area contributed by atoms with Crippen LogP contribution < -0.4 is 9.47 Å². The van der Waals surface area contributed by atoms with Gasteiger partial charge in [0.25, 0.3) is 5.91 Å². The zero-order valence-corrected chi connectivity index (χ0v) is 15.4. The van der Waals surface area contributed by atoms with Gasteiger partial charge < -0.3 is 19.1 Å². The molecule has 1 amide bonds. The Bertz CT molecular complexity index is 695. The van der Waals surface area contributed by atoms with Crippen molar-refractivity contribution in [2.45, 2.75) is 25.4 Å². The lowest BCUT2D eigenvalue weighted by molar-refractivity contribution is 0.0270. The molecule has 0 bridgehead atoms. The molecule has 0 unspecified atom stereocenters. The zero-order chi connectivity index (χ0) is 17.6. The Morgan fingerprint density at radius 1 is 1.20 bits per heavy atom. The standard InChI is InChI=1S/C19H23NO4S/c1-22-17-6-5-14(12-18(17)23-2)19(21)20(13-16-4-3-11-25-16)15-7-9-24-10-8-15/h3-6,11-12,15H,7-10,13H2,1-2H3. The van der Waals surface area contributed by atoms with Crippen LogP contribution in [0.5, 0.6) is 11.5 Å². The number of carbonyl (C=O) groups is 1. The molecule has 1 fully saturated rings. The summed E-state index contributed by atoms with van der Waals surface area (Å²) in [6.45, 7) is 2.02. The molecule has 2 heterocycles. The first-order chi connectivity index (χ1) is 12.2. The number of hydrogen-bond donors (Lipinski definition) is 0. The lowest BCUT2D eigenvalue weighted by atomic mass is 10.0. The molecule has 0 spiro atoms. The highest BCUT2D eigenvalue weighted by Gasteiger charge is 2.27. The van der Waals surface area contributed by atoms with Gasteiger partial charge in [-0.15, -0.1) is 11.3 Å². The summed E-state index contributed by atoms with van der Waals surface area (Å²) in [6.07, 6.45) is 1.73. The summed E-state index contributed by atoms with van der Waals surface area (Å²) in [7, 11) is 3.17. The first-order valence-electron chi connectivity index (χ1n) is 8.36. The molecule has 1 aliphatic heterocycles. The number of amides is 1. The number of benzene rings is 1. The molecular weight excluding hydrogens is 338 g/mol. The van der Waals surface area contributed by atoms with Gasteiger partial charge in [-0.2, -0.15) is 0 Å². The smallest absolute Gasteiger partial charge is 0.254 e. The summed E-state index contributed by atoms with van der Waals surface area (Å²) in [6, 6.07) is 9.60. The van der Waals surface area contributed by atoms with Crippen molar-refractivity contribution >= 4 is 17.2 Å². The highest BCUT2D eigenvalue weighted by Crippen LogP contribution is 2.29. The SMILES string of the molecule is COc1ccc(C(=O)N(Cc2cccs2)C2CCOCC2)cc1OC. The fraction of sp³-hybridized carbons (Fsp3) is 0.421. The molecule has 6 heteroatoms. The largest absolute Gasteiger partial charge is 0.493 e. The molecular formula is C19H23NO4S. The van der Waals surface area contributed by atoms with Gasteiger partial charge in [0.2, 0.25) is 0 Å². The molecule has 1 aromatic carbocycles. The van der Waals surface area contributed by atoms with Crippen molar-refractivity contribution in [1.82, 2.24) is 4.90 Å². The van der Waals surface area contributed by atoms with Crippen LogP contribution in [0, 0.1) is 0 Å². The second-order valence-corrected chi connectivity index (χ2v) is 6.96. The maximum Gasteiger partial charge on any atom is 0.254 e. The van der Waals surface area contributed by atoms with Crippen molar-refractivity contribution in [3.63, 3.8) is 0 Å². The number of rotatable bonds is 6. The van der Waals surface area contributed by atoms with Crippen LogP contribution in [0.25, 0.3) is 0 Å². The fourth-order valence-corrected chi connectivity index (χ4v) is 3.77.